The van der Waals surface area contributed by atoms with Crippen LogP contribution >= 0.6 is 11.3 Å². The van der Waals surface area contributed by atoms with Crippen LogP contribution in [0.1, 0.15) is 15.4 Å². The van der Waals surface area contributed by atoms with E-state index >= 15 is 0 Å². The molecule has 3 heterocycles. The molecule has 0 bridgehead atoms. The Hall–Kier alpha value is -2.23. The standard InChI is InChI=1S/C17H21N3O5S/c1-11-15(18-16(26-11)13-4-3-6-25-13)17(23)20-5-7-24-12(9-20)8-19(2)10-14(21)22/h3-4,6,12H,5,7-10H2,1-2H3,(H,21,22). The minimum atomic E-state index is -0.889. The maximum Gasteiger partial charge on any atom is 0.317 e. The van der Waals surface area contributed by atoms with Gasteiger partial charge < -0.3 is 19.2 Å². The van der Waals surface area contributed by atoms with Crippen LogP contribution in [0.3, 0.4) is 0 Å². The molecule has 0 aliphatic carbocycles. The Labute approximate surface area is 155 Å². The van der Waals surface area contributed by atoms with Gasteiger partial charge in [-0.2, -0.15) is 0 Å². The van der Waals surface area contributed by atoms with E-state index in [4.69, 9.17) is 14.3 Å². The quantitative estimate of drug-likeness (QED) is 0.814. The predicted molar refractivity (Wildman–Crippen MR) is 95.3 cm³/mol. The molecule has 140 valence electrons. The number of thiazole rings is 1. The Morgan fingerprint density at radius 3 is 3.00 bits per heavy atom. The number of rotatable bonds is 6. The van der Waals surface area contributed by atoms with E-state index in [0.29, 0.717) is 42.7 Å². The van der Waals surface area contributed by atoms with Crippen molar-refractivity contribution in [2.24, 2.45) is 0 Å². The first-order chi connectivity index (χ1) is 12.4. The molecule has 2 aromatic heterocycles. The highest BCUT2D eigenvalue weighted by atomic mass is 32.1. The first kappa shape index (κ1) is 18.6. The summed E-state index contributed by atoms with van der Waals surface area (Å²) in [5.74, 6) is -0.377. The Balaban J connectivity index is 1.67. The molecule has 2 aromatic rings. The Kier molecular flexibility index (Phi) is 5.70. The van der Waals surface area contributed by atoms with Crippen LogP contribution < -0.4 is 0 Å². The van der Waals surface area contributed by atoms with Crippen LogP contribution in [0.4, 0.5) is 0 Å². The summed E-state index contributed by atoms with van der Waals surface area (Å²) in [6, 6.07) is 3.60. The zero-order valence-corrected chi connectivity index (χ0v) is 15.5. The predicted octanol–water partition coefficient (Wildman–Crippen LogP) is 1.57. The highest BCUT2D eigenvalue weighted by Gasteiger charge is 2.29. The van der Waals surface area contributed by atoms with Crippen LogP contribution in [0.25, 0.3) is 10.8 Å². The summed E-state index contributed by atoms with van der Waals surface area (Å²) >= 11 is 1.43. The van der Waals surface area contributed by atoms with Crippen molar-refractivity contribution in [3.63, 3.8) is 0 Å². The van der Waals surface area contributed by atoms with Crippen LogP contribution in [-0.4, -0.2) is 77.7 Å². The molecule has 0 saturated carbocycles. The van der Waals surface area contributed by atoms with E-state index in [1.54, 1.807) is 29.2 Å². The number of carboxylic acids is 1. The molecular formula is C17H21N3O5S. The summed E-state index contributed by atoms with van der Waals surface area (Å²) in [6.07, 6.45) is 1.36. The topological polar surface area (TPSA) is 96.1 Å². The lowest BCUT2D eigenvalue weighted by molar-refractivity contribution is -0.138. The van der Waals surface area contributed by atoms with Crippen molar-refractivity contribution in [1.29, 1.82) is 0 Å². The average molecular weight is 379 g/mol. The van der Waals surface area contributed by atoms with Crippen LogP contribution in [0.2, 0.25) is 0 Å². The molecule has 1 fully saturated rings. The van der Waals surface area contributed by atoms with E-state index < -0.39 is 5.97 Å². The highest BCUT2D eigenvalue weighted by Crippen LogP contribution is 2.28. The van der Waals surface area contributed by atoms with Gasteiger partial charge in [0.1, 0.15) is 5.69 Å². The molecule has 1 atom stereocenters. The third-order valence-electron chi connectivity index (χ3n) is 4.08. The fraction of sp³-hybridized carbons (Fsp3) is 0.471. The molecule has 0 radical (unpaired) electrons. The molecule has 9 heteroatoms. The zero-order chi connectivity index (χ0) is 18.7. The normalized spacial score (nSPS) is 17.7. The highest BCUT2D eigenvalue weighted by molar-refractivity contribution is 7.15. The van der Waals surface area contributed by atoms with Crippen molar-refractivity contribution in [3.05, 3.63) is 29.0 Å². The van der Waals surface area contributed by atoms with Gasteiger partial charge in [0.2, 0.25) is 0 Å². The van der Waals surface area contributed by atoms with E-state index in [9.17, 15) is 9.59 Å². The third kappa shape index (κ3) is 4.29. The molecule has 26 heavy (non-hydrogen) atoms. The number of carbonyl (C=O) groups excluding carboxylic acids is 1. The molecule has 1 N–H and O–H groups in total. The van der Waals surface area contributed by atoms with Gasteiger partial charge in [0.05, 0.1) is 25.5 Å². The molecule has 1 unspecified atom stereocenters. The van der Waals surface area contributed by atoms with Crippen molar-refractivity contribution >= 4 is 23.2 Å². The van der Waals surface area contributed by atoms with Crippen molar-refractivity contribution < 1.29 is 23.8 Å². The largest absolute Gasteiger partial charge is 0.480 e. The summed E-state index contributed by atoms with van der Waals surface area (Å²) in [7, 11) is 1.72. The lowest BCUT2D eigenvalue weighted by Crippen LogP contribution is -2.49. The number of aliphatic carboxylic acids is 1. The number of aromatic nitrogens is 1. The number of aryl methyl sites for hydroxylation is 1. The number of morpholine rings is 1. The molecule has 1 aliphatic heterocycles. The number of ether oxygens (including phenoxy) is 1. The Bertz CT molecular complexity index is 773. The number of furan rings is 1. The van der Waals surface area contributed by atoms with E-state index in [1.165, 1.54) is 11.3 Å². The van der Waals surface area contributed by atoms with Crippen molar-refractivity contribution in [1.82, 2.24) is 14.8 Å². The molecule has 3 rings (SSSR count). The molecule has 1 aliphatic rings. The number of carboxylic acid groups (broad SMARTS) is 1. The van der Waals surface area contributed by atoms with Gasteiger partial charge in [0, 0.05) is 24.5 Å². The monoisotopic (exact) mass is 379 g/mol. The summed E-state index contributed by atoms with van der Waals surface area (Å²) in [5, 5.41) is 9.53. The van der Waals surface area contributed by atoms with Crippen LogP contribution in [0.5, 0.6) is 0 Å². The molecule has 1 saturated heterocycles. The number of likely N-dealkylation sites (N-methyl/N-ethyl adjacent to an activating group) is 1. The van der Waals surface area contributed by atoms with E-state index in [0.717, 1.165) is 4.88 Å². The summed E-state index contributed by atoms with van der Waals surface area (Å²) < 4.78 is 11.0. The zero-order valence-electron chi connectivity index (χ0n) is 14.7. The molecule has 0 aromatic carbocycles. The second kappa shape index (κ2) is 7.98. The minimum absolute atomic E-state index is 0.0640. The molecule has 8 nitrogen and oxygen atoms in total. The van der Waals surface area contributed by atoms with E-state index in [1.807, 2.05) is 13.0 Å². The van der Waals surface area contributed by atoms with Gasteiger partial charge in [-0.3, -0.25) is 14.5 Å². The molecular weight excluding hydrogens is 358 g/mol. The fourth-order valence-corrected chi connectivity index (χ4v) is 3.78. The number of hydrogen-bond donors (Lipinski definition) is 1. The van der Waals surface area contributed by atoms with Gasteiger partial charge in [-0.1, -0.05) is 0 Å². The first-order valence-electron chi connectivity index (χ1n) is 8.26. The summed E-state index contributed by atoms with van der Waals surface area (Å²) in [5.41, 5.74) is 0.431. The van der Waals surface area contributed by atoms with Gasteiger partial charge >= 0.3 is 5.97 Å². The van der Waals surface area contributed by atoms with Gasteiger partial charge in [0.15, 0.2) is 10.8 Å². The maximum absolute atomic E-state index is 12.9. The van der Waals surface area contributed by atoms with E-state index in [-0.39, 0.29) is 18.6 Å². The number of nitrogens with zero attached hydrogens (tertiary/aromatic N) is 3. The summed E-state index contributed by atoms with van der Waals surface area (Å²) in [4.78, 5) is 32.4. The number of carbonyl (C=O) groups is 2. The van der Waals surface area contributed by atoms with Gasteiger partial charge in [-0.15, -0.1) is 11.3 Å². The number of amides is 1. The van der Waals surface area contributed by atoms with Crippen molar-refractivity contribution in [2.45, 2.75) is 13.0 Å². The summed E-state index contributed by atoms with van der Waals surface area (Å²) in [6.45, 7) is 3.58. The third-order valence-corrected chi connectivity index (χ3v) is 5.06. The van der Waals surface area contributed by atoms with Gasteiger partial charge in [-0.05, 0) is 26.1 Å². The van der Waals surface area contributed by atoms with Gasteiger partial charge in [-0.25, -0.2) is 4.98 Å². The van der Waals surface area contributed by atoms with Crippen LogP contribution in [0, 0.1) is 6.92 Å². The smallest absolute Gasteiger partial charge is 0.317 e. The molecule has 0 spiro atoms. The SMILES string of the molecule is Cc1sc(-c2ccco2)nc1C(=O)N1CCOC(CN(C)CC(=O)O)C1. The second-order valence-corrected chi connectivity index (χ2v) is 7.44. The lowest BCUT2D eigenvalue weighted by atomic mass is 10.2. The number of hydrogen-bond acceptors (Lipinski definition) is 7. The Morgan fingerprint density at radius 1 is 1.50 bits per heavy atom. The fourth-order valence-electron chi connectivity index (χ4n) is 2.91. The van der Waals surface area contributed by atoms with E-state index in [2.05, 4.69) is 4.98 Å². The first-order valence-corrected chi connectivity index (χ1v) is 9.08. The van der Waals surface area contributed by atoms with Crippen molar-refractivity contribution in [2.75, 3.05) is 39.8 Å². The lowest BCUT2D eigenvalue weighted by Gasteiger charge is -2.34. The molecule has 1 amide bonds. The second-order valence-electron chi connectivity index (χ2n) is 6.24. The Morgan fingerprint density at radius 2 is 2.31 bits per heavy atom. The average Bonchev–Trinajstić information content (AvgIpc) is 3.23. The van der Waals surface area contributed by atoms with Crippen molar-refractivity contribution in [3.8, 4) is 10.8 Å². The maximum atomic E-state index is 12.9. The minimum Gasteiger partial charge on any atom is -0.480 e. The van der Waals surface area contributed by atoms with Crippen LogP contribution in [-0.2, 0) is 9.53 Å². The van der Waals surface area contributed by atoms with Gasteiger partial charge in [0.25, 0.3) is 5.91 Å². The van der Waals surface area contributed by atoms with Crippen LogP contribution in [0.15, 0.2) is 22.8 Å².